The predicted octanol–water partition coefficient (Wildman–Crippen LogP) is 2.69. The topological polar surface area (TPSA) is 69.6 Å². The van der Waals surface area contributed by atoms with E-state index in [9.17, 15) is 9.59 Å². The van der Waals surface area contributed by atoms with Gasteiger partial charge in [0.25, 0.3) is 0 Å². The molecule has 5 heteroatoms. The Balaban J connectivity index is 1.82. The van der Waals surface area contributed by atoms with Gasteiger partial charge in [-0.25, -0.2) is 4.79 Å². The normalized spacial score (nSPS) is 20.6. The van der Waals surface area contributed by atoms with Gasteiger partial charge in [-0.05, 0) is 30.2 Å². The number of aliphatic carboxylic acids is 1. The van der Waals surface area contributed by atoms with Crippen LogP contribution in [0.5, 0.6) is 0 Å². The maximum Gasteiger partial charge on any atom is 0.317 e. The quantitative estimate of drug-likeness (QED) is 0.849. The first kappa shape index (κ1) is 16.3. The Labute approximate surface area is 131 Å². The van der Waals surface area contributed by atoms with Crippen LogP contribution in [0, 0.1) is 5.92 Å². The van der Waals surface area contributed by atoms with Crippen molar-refractivity contribution >= 4 is 12.0 Å². The zero-order valence-electron chi connectivity index (χ0n) is 13.0. The van der Waals surface area contributed by atoms with Gasteiger partial charge in [-0.15, -0.1) is 0 Å². The van der Waals surface area contributed by atoms with Gasteiger partial charge < -0.3 is 15.3 Å². The van der Waals surface area contributed by atoms with Gasteiger partial charge in [0.1, 0.15) is 0 Å². The lowest BCUT2D eigenvalue weighted by molar-refractivity contribution is -0.137. The third-order valence-corrected chi connectivity index (χ3v) is 4.41. The third kappa shape index (κ3) is 4.48. The molecule has 5 nitrogen and oxygen atoms in total. The minimum atomic E-state index is -0.889. The van der Waals surface area contributed by atoms with E-state index in [1.165, 1.54) is 23.3 Å². The Morgan fingerprint density at radius 1 is 1.27 bits per heavy atom. The fourth-order valence-corrected chi connectivity index (χ4v) is 3.14. The molecule has 1 aliphatic rings. The highest BCUT2D eigenvalue weighted by atomic mass is 16.4. The van der Waals surface area contributed by atoms with E-state index in [0.29, 0.717) is 18.4 Å². The summed E-state index contributed by atoms with van der Waals surface area (Å²) in [6.07, 6.45) is 3.45. The number of carbonyl (C=O) groups excluding carboxylic acids is 1. The molecule has 1 saturated carbocycles. The summed E-state index contributed by atoms with van der Waals surface area (Å²) in [6.45, 7) is 0.879. The molecule has 2 atom stereocenters. The summed E-state index contributed by atoms with van der Waals surface area (Å²) in [7, 11) is 1.63. The number of nitrogens with one attached hydrogen (secondary N) is 1. The highest BCUT2D eigenvalue weighted by Gasteiger charge is 2.28. The number of carbonyl (C=O) groups is 2. The number of hydrogen-bond donors (Lipinski definition) is 2. The van der Waals surface area contributed by atoms with E-state index in [4.69, 9.17) is 5.11 Å². The van der Waals surface area contributed by atoms with Gasteiger partial charge in [0.05, 0.1) is 6.42 Å². The smallest absolute Gasteiger partial charge is 0.317 e. The van der Waals surface area contributed by atoms with Gasteiger partial charge in [0.15, 0.2) is 0 Å². The molecule has 0 spiro atoms. The molecule has 0 aliphatic heterocycles. The van der Waals surface area contributed by atoms with E-state index < -0.39 is 5.97 Å². The van der Waals surface area contributed by atoms with Gasteiger partial charge in [0, 0.05) is 20.1 Å². The fraction of sp³-hybridized carbons (Fsp3) is 0.529. The Morgan fingerprint density at radius 2 is 2.00 bits per heavy atom. The molecule has 2 amide bonds. The number of urea groups is 1. The predicted molar refractivity (Wildman–Crippen MR) is 84.8 cm³/mol. The number of carboxylic acids is 1. The molecule has 0 bridgehead atoms. The summed E-state index contributed by atoms with van der Waals surface area (Å²) in [5.41, 5.74) is 1.35. The van der Waals surface area contributed by atoms with Gasteiger partial charge in [-0.1, -0.05) is 36.8 Å². The van der Waals surface area contributed by atoms with Crippen LogP contribution in [0.15, 0.2) is 30.3 Å². The van der Waals surface area contributed by atoms with Crippen molar-refractivity contribution in [1.82, 2.24) is 10.2 Å². The molecule has 1 aromatic rings. The summed E-state index contributed by atoms with van der Waals surface area (Å²) < 4.78 is 0. The lowest BCUT2D eigenvalue weighted by atomic mass is 9.89. The maximum atomic E-state index is 12.0. The van der Waals surface area contributed by atoms with E-state index in [2.05, 4.69) is 29.6 Å². The first-order valence-corrected chi connectivity index (χ1v) is 7.83. The van der Waals surface area contributed by atoms with Crippen LogP contribution in [-0.2, 0) is 4.79 Å². The van der Waals surface area contributed by atoms with E-state index in [1.807, 2.05) is 6.07 Å². The molecular weight excluding hydrogens is 280 g/mol. The second kappa shape index (κ2) is 7.82. The number of carboxylic acid groups (broad SMARTS) is 1. The largest absolute Gasteiger partial charge is 0.481 e. The van der Waals surface area contributed by atoms with E-state index in [0.717, 1.165) is 6.42 Å². The molecule has 0 radical (unpaired) electrons. The molecule has 0 aromatic heterocycles. The molecule has 0 heterocycles. The monoisotopic (exact) mass is 304 g/mol. The van der Waals surface area contributed by atoms with Crippen LogP contribution >= 0.6 is 0 Å². The number of benzene rings is 1. The average Bonchev–Trinajstić information content (AvgIpc) is 2.99. The second-order valence-corrected chi connectivity index (χ2v) is 5.96. The van der Waals surface area contributed by atoms with Crippen molar-refractivity contribution < 1.29 is 14.7 Å². The van der Waals surface area contributed by atoms with E-state index in [1.54, 1.807) is 7.05 Å². The summed E-state index contributed by atoms with van der Waals surface area (Å²) in [4.78, 5) is 23.9. The third-order valence-electron chi connectivity index (χ3n) is 4.41. The molecule has 120 valence electrons. The Hall–Kier alpha value is -2.04. The molecular formula is C17H24N2O3. The Bertz CT molecular complexity index is 504. The van der Waals surface area contributed by atoms with Gasteiger partial charge in [-0.2, -0.15) is 0 Å². The summed E-state index contributed by atoms with van der Waals surface area (Å²) >= 11 is 0. The van der Waals surface area contributed by atoms with Crippen LogP contribution in [0.25, 0.3) is 0 Å². The first-order valence-electron chi connectivity index (χ1n) is 7.83. The standard InChI is InChI=1S/C17H24N2O3/c1-19(11-10-16(20)21)17(22)18-12-14-8-5-9-15(14)13-6-3-2-4-7-13/h2-4,6-7,14-15H,5,8-12H2,1H3,(H,18,22)(H,20,21). The van der Waals surface area contributed by atoms with Crippen LogP contribution < -0.4 is 5.32 Å². The highest BCUT2D eigenvalue weighted by molar-refractivity contribution is 5.75. The van der Waals surface area contributed by atoms with Crippen molar-refractivity contribution in [3.63, 3.8) is 0 Å². The second-order valence-electron chi connectivity index (χ2n) is 5.96. The van der Waals surface area contributed by atoms with Crippen molar-refractivity contribution in [1.29, 1.82) is 0 Å². The van der Waals surface area contributed by atoms with Gasteiger partial charge in [-0.3, -0.25) is 4.79 Å². The van der Waals surface area contributed by atoms with Crippen LogP contribution in [0.2, 0.25) is 0 Å². The van der Waals surface area contributed by atoms with Crippen LogP contribution in [0.4, 0.5) is 4.79 Å². The molecule has 0 saturated heterocycles. The molecule has 22 heavy (non-hydrogen) atoms. The van der Waals surface area contributed by atoms with Crippen molar-refractivity contribution in [2.75, 3.05) is 20.1 Å². The van der Waals surface area contributed by atoms with Crippen LogP contribution in [0.1, 0.15) is 37.2 Å². The number of rotatable bonds is 6. The zero-order chi connectivity index (χ0) is 15.9. The Morgan fingerprint density at radius 3 is 2.68 bits per heavy atom. The van der Waals surface area contributed by atoms with Crippen molar-refractivity contribution in [2.24, 2.45) is 5.92 Å². The fourth-order valence-electron chi connectivity index (χ4n) is 3.14. The molecule has 1 aliphatic carbocycles. The molecule has 2 unspecified atom stereocenters. The molecule has 1 aromatic carbocycles. The first-order chi connectivity index (χ1) is 10.6. The Kier molecular flexibility index (Phi) is 5.81. The number of hydrogen-bond acceptors (Lipinski definition) is 2. The lowest BCUT2D eigenvalue weighted by Crippen LogP contribution is -2.40. The zero-order valence-corrected chi connectivity index (χ0v) is 13.0. The van der Waals surface area contributed by atoms with Crippen molar-refractivity contribution in [3.8, 4) is 0 Å². The summed E-state index contributed by atoms with van der Waals surface area (Å²) in [6, 6.07) is 10.3. The highest BCUT2D eigenvalue weighted by Crippen LogP contribution is 2.39. The molecule has 1 fully saturated rings. The molecule has 2 N–H and O–H groups in total. The number of nitrogens with zero attached hydrogens (tertiary/aromatic N) is 1. The van der Waals surface area contributed by atoms with Crippen molar-refractivity contribution in [3.05, 3.63) is 35.9 Å². The van der Waals surface area contributed by atoms with Crippen LogP contribution in [0.3, 0.4) is 0 Å². The minimum absolute atomic E-state index is 0.0278. The van der Waals surface area contributed by atoms with Crippen molar-refractivity contribution in [2.45, 2.75) is 31.6 Å². The minimum Gasteiger partial charge on any atom is -0.481 e. The summed E-state index contributed by atoms with van der Waals surface area (Å²) in [5.74, 6) is 0.0737. The molecule has 2 rings (SSSR count). The van der Waals surface area contributed by atoms with Gasteiger partial charge in [0.2, 0.25) is 0 Å². The van der Waals surface area contributed by atoms with E-state index in [-0.39, 0.29) is 19.0 Å². The van der Waals surface area contributed by atoms with E-state index >= 15 is 0 Å². The van der Waals surface area contributed by atoms with Crippen LogP contribution in [-0.4, -0.2) is 42.1 Å². The lowest BCUT2D eigenvalue weighted by Gasteiger charge is -2.23. The average molecular weight is 304 g/mol. The number of amides is 2. The SMILES string of the molecule is CN(CCC(=O)O)C(=O)NCC1CCCC1c1ccccc1. The van der Waals surface area contributed by atoms with Gasteiger partial charge >= 0.3 is 12.0 Å². The maximum absolute atomic E-state index is 12.0. The summed E-state index contributed by atoms with van der Waals surface area (Å²) in [5, 5.41) is 11.6.